The number of rotatable bonds is 0. The Morgan fingerprint density at radius 1 is 1.00 bits per heavy atom. The summed E-state index contributed by atoms with van der Waals surface area (Å²) in [4.78, 5) is 0. The van der Waals surface area contributed by atoms with Gasteiger partial charge in [0.25, 0.3) is 0 Å². The first kappa shape index (κ1) is 10.9. The molecule has 0 aromatic heterocycles. The van der Waals surface area contributed by atoms with Gasteiger partial charge in [-0.25, -0.2) is 0 Å². The van der Waals surface area contributed by atoms with Crippen LogP contribution in [0, 0.1) is 0 Å². The number of hydrogen-bond acceptors (Lipinski definition) is 4. The van der Waals surface area contributed by atoms with E-state index in [1.807, 2.05) is 0 Å². The van der Waals surface area contributed by atoms with Crippen molar-refractivity contribution in [2.45, 2.75) is 0 Å². The topological polar surface area (TPSA) is 80.9 Å². The molecule has 0 bridgehead atoms. The molecule has 0 heterocycles. The first-order valence-electron chi connectivity index (χ1n) is 1.27. The second kappa shape index (κ2) is 5.20. The maximum atomic E-state index is 7.38. The molecule has 0 aliphatic heterocycles. The molecule has 4 nitrogen and oxygen atoms in total. The van der Waals surface area contributed by atoms with Crippen molar-refractivity contribution in [3.05, 3.63) is 0 Å². The van der Waals surface area contributed by atoms with Crippen LogP contribution in [0.15, 0.2) is 0 Å². The second-order valence-electron chi connectivity index (χ2n) is 0.600. The largest absolute Gasteiger partial charge is 0.181 e. The molecule has 0 unspecified atom stereocenters. The Labute approximate surface area is 53.8 Å². The van der Waals surface area contributed by atoms with Crippen LogP contribution in [-0.4, -0.2) is 24.3 Å². The molecule has 46 valence electrons. The minimum absolute atomic E-state index is 0.778. The van der Waals surface area contributed by atoms with Crippen LogP contribution in [0.25, 0.3) is 0 Å². The van der Waals surface area contributed by atoms with Crippen LogP contribution in [0.4, 0.5) is 0 Å². The Morgan fingerprint density at radius 3 is 1.00 bits per heavy atom. The first-order valence-corrected chi connectivity index (χ1v) is 7.09. The van der Waals surface area contributed by atoms with E-state index in [9.17, 15) is 0 Å². The molecule has 0 amide bonds. The zero-order valence-corrected chi connectivity index (χ0v) is 7.98. The Balaban J connectivity index is 0. The smallest absolute Gasteiger partial charge is 0.109 e. The van der Waals surface area contributed by atoms with Gasteiger partial charge in [-0.2, -0.15) is 11.1 Å². The van der Waals surface area contributed by atoms with Gasteiger partial charge >= 0.3 is 32.9 Å². The van der Waals surface area contributed by atoms with Crippen molar-refractivity contribution in [2.75, 3.05) is 0 Å². The Bertz CT molecular complexity index is 27.2. The summed E-state index contributed by atoms with van der Waals surface area (Å²) in [5.74, 6) is 0. The van der Waals surface area contributed by atoms with E-state index in [-0.39, 0.29) is 0 Å². The third-order valence-electron chi connectivity index (χ3n) is 0. The summed E-state index contributed by atoms with van der Waals surface area (Å²) in [5, 5.41) is 0. The standard InChI is InChI=1S/ClH3Si.4H2O.Ti/c1-2;;;;;/h2H3;4*1H2;/q;;;;;+4/p-4. The SMILES string of the molecule is [OH][Ti]([OH])([OH])[OH].[SiH3]Cl. The van der Waals surface area contributed by atoms with Crippen molar-refractivity contribution in [2.24, 2.45) is 0 Å². The molecule has 0 spiro atoms. The zero-order valence-electron chi connectivity index (χ0n) is 3.67. The molecule has 0 radical (unpaired) electrons. The van der Waals surface area contributed by atoms with Crippen LogP contribution in [0.5, 0.6) is 0 Å². The normalized spacial score (nSPS) is 9.86. The predicted molar refractivity (Wildman–Crippen MR) is 24.7 cm³/mol. The van der Waals surface area contributed by atoms with E-state index in [0.29, 0.717) is 0 Å². The van der Waals surface area contributed by atoms with Crippen molar-refractivity contribution >= 4 is 20.6 Å². The number of hydrogen-bond donors (Lipinski definition) is 4. The zero-order chi connectivity index (χ0) is 6.50. The fourth-order valence-corrected chi connectivity index (χ4v) is 0. The van der Waals surface area contributed by atoms with Gasteiger partial charge in [-0.3, -0.25) is 0 Å². The fraction of sp³-hybridized carbons (Fsp3) is 0. The molecule has 0 fully saturated rings. The van der Waals surface area contributed by atoms with Crippen LogP contribution in [0.1, 0.15) is 0 Å². The molecule has 0 aromatic rings. The van der Waals surface area contributed by atoms with Crippen LogP contribution >= 0.6 is 11.1 Å². The number of halogens is 1. The summed E-state index contributed by atoms with van der Waals surface area (Å²) >= 11 is -0.222. The molecule has 0 saturated heterocycles. The molecule has 0 aromatic carbocycles. The van der Waals surface area contributed by atoms with Gasteiger partial charge in [-0.1, -0.05) is 0 Å². The monoisotopic (exact) mass is 182 g/mol. The summed E-state index contributed by atoms with van der Waals surface area (Å²) in [6.45, 7) is 0. The van der Waals surface area contributed by atoms with Crippen molar-refractivity contribution in [3.8, 4) is 0 Å². The summed E-state index contributed by atoms with van der Waals surface area (Å²) in [6.07, 6.45) is 0. The molecule has 7 heavy (non-hydrogen) atoms. The van der Waals surface area contributed by atoms with Crippen molar-refractivity contribution in [1.29, 1.82) is 0 Å². The van der Waals surface area contributed by atoms with Crippen molar-refractivity contribution < 1.29 is 32.9 Å². The molecule has 0 atom stereocenters. The van der Waals surface area contributed by atoms with Crippen LogP contribution in [-0.2, 0) is 18.1 Å². The molecular formula is H7ClO4SiTi. The molecule has 4 N–H and O–H groups in total. The van der Waals surface area contributed by atoms with E-state index < -0.39 is 18.1 Å². The van der Waals surface area contributed by atoms with Gasteiger partial charge in [0.15, 0.2) is 0 Å². The maximum absolute atomic E-state index is 7.38. The quantitative estimate of drug-likeness (QED) is 0.242. The average Bonchev–Trinajstić information content (AvgIpc) is 1.36. The van der Waals surface area contributed by atoms with Gasteiger partial charge in [0.05, 0.1) is 0 Å². The van der Waals surface area contributed by atoms with E-state index >= 15 is 0 Å². The third kappa shape index (κ3) is 161. The molecule has 0 saturated carbocycles. The predicted octanol–water partition coefficient (Wildman–Crippen LogP) is -2.72. The van der Waals surface area contributed by atoms with Gasteiger partial charge in [-0.15, -0.1) is 0 Å². The molecule has 0 rings (SSSR count). The second-order valence-corrected chi connectivity index (χ2v) is 2.47. The molecular weight excluding hydrogens is 175 g/mol. The summed E-state index contributed by atoms with van der Waals surface area (Å²) in [6, 6.07) is 0. The van der Waals surface area contributed by atoms with Crippen LogP contribution in [0.2, 0.25) is 0 Å². The first-order chi connectivity index (χ1) is 3.00. The summed E-state index contributed by atoms with van der Waals surface area (Å²) < 4.78 is 29.5. The maximum Gasteiger partial charge on any atom is 0.109 e. The van der Waals surface area contributed by atoms with Crippen LogP contribution < -0.4 is 0 Å². The van der Waals surface area contributed by atoms with Gasteiger partial charge in [0.1, 0.15) is 9.55 Å². The van der Waals surface area contributed by atoms with E-state index in [0.717, 1.165) is 9.55 Å². The van der Waals surface area contributed by atoms with E-state index in [4.69, 9.17) is 25.8 Å². The Kier molecular flexibility index (Phi) is 8.13. The van der Waals surface area contributed by atoms with Crippen molar-refractivity contribution in [3.63, 3.8) is 0 Å². The molecule has 7 heteroatoms. The fourth-order valence-electron chi connectivity index (χ4n) is 0. The van der Waals surface area contributed by atoms with Gasteiger partial charge in [0, 0.05) is 0 Å². The van der Waals surface area contributed by atoms with Gasteiger partial charge in [-0.05, 0) is 0 Å². The van der Waals surface area contributed by atoms with E-state index in [1.54, 1.807) is 0 Å². The minimum atomic E-state index is -5.00. The van der Waals surface area contributed by atoms with E-state index in [1.165, 1.54) is 0 Å². The van der Waals surface area contributed by atoms with Crippen molar-refractivity contribution in [1.82, 2.24) is 0 Å². The molecule has 0 aliphatic rings. The molecule has 0 aliphatic carbocycles. The van der Waals surface area contributed by atoms with Gasteiger partial charge in [0.2, 0.25) is 0 Å². The third-order valence-corrected chi connectivity index (χ3v) is 0. The minimum Gasteiger partial charge on any atom is -0.181 e. The summed E-state index contributed by atoms with van der Waals surface area (Å²) in [5.41, 5.74) is 0. The Hall–Kier alpha value is 1.06. The summed E-state index contributed by atoms with van der Waals surface area (Å²) in [7, 11) is 0.778. The average molecular weight is 182 g/mol. The van der Waals surface area contributed by atoms with Crippen LogP contribution in [0.3, 0.4) is 0 Å². The van der Waals surface area contributed by atoms with E-state index in [2.05, 4.69) is 0 Å². The Morgan fingerprint density at radius 2 is 1.00 bits per heavy atom. The van der Waals surface area contributed by atoms with Gasteiger partial charge < -0.3 is 0 Å².